The molecule has 0 atom stereocenters. The average molecular weight is 389 g/mol. The van der Waals surface area contributed by atoms with Crippen molar-refractivity contribution in [3.05, 3.63) is 89.5 Å². The van der Waals surface area contributed by atoms with Crippen LogP contribution < -0.4 is 10.1 Å². The van der Waals surface area contributed by atoms with Crippen LogP contribution in [-0.4, -0.2) is 31.0 Å². The molecule has 148 valence electrons. The largest absolute Gasteiger partial charge is 0.492 e. The van der Waals surface area contributed by atoms with E-state index in [1.807, 2.05) is 24.3 Å². The highest BCUT2D eigenvalue weighted by Crippen LogP contribution is 2.44. The lowest BCUT2D eigenvalue weighted by Crippen LogP contribution is -2.29. The summed E-state index contributed by atoms with van der Waals surface area (Å²) in [5.74, 6) is 0.742. The van der Waals surface area contributed by atoms with Crippen LogP contribution in [0, 0.1) is 0 Å². The van der Waals surface area contributed by atoms with Crippen molar-refractivity contribution >= 4 is 6.09 Å². The third-order valence-electron chi connectivity index (χ3n) is 5.09. The van der Waals surface area contributed by atoms with Crippen molar-refractivity contribution in [2.24, 2.45) is 0 Å². The normalized spacial score (nSPS) is 12.2. The minimum Gasteiger partial charge on any atom is -0.492 e. The molecule has 0 radical (unpaired) electrons. The molecule has 0 aromatic heterocycles. The lowest BCUT2D eigenvalue weighted by Gasteiger charge is -2.14. The average Bonchev–Trinajstić information content (AvgIpc) is 3.09. The van der Waals surface area contributed by atoms with Crippen LogP contribution in [0.5, 0.6) is 5.75 Å². The number of nitrogens with one attached hydrogen (secondary N) is 1. The number of benzene rings is 3. The maximum Gasteiger partial charge on any atom is 0.407 e. The number of ether oxygens (including phenoxy) is 2. The van der Waals surface area contributed by atoms with E-state index < -0.39 is 6.09 Å². The fraction of sp³-hybridized carbons (Fsp3) is 0.208. The number of fused-ring (bicyclic) bond motifs is 3. The molecule has 1 aliphatic carbocycles. The summed E-state index contributed by atoms with van der Waals surface area (Å²) < 4.78 is 11.1. The summed E-state index contributed by atoms with van der Waals surface area (Å²) in [6, 6.07) is 23.7. The van der Waals surface area contributed by atoms with Crippen molar-refractivity contribution in [2.75, 3.05) is 19.8 Å². The molecule has 0 saturated heterocycles. The van der Waals surface area contributed by atoms with E-state index in [4.69, 9.17) is 14.6 Å². The molecule has 0 aliphatic heterocycles. The van der Waals surface area contributed by atoms with E-state index in [1.54, 1.807) is 24.3 Å². The Hall–Kier alpha value is -3.31. The van der Waals surface area contributed by atoms with Gasteiger partial charge in [0.1, 0.15) is 19.0 Å². The fourth-order valence-electron chi connectivity index (χ4n) is 3.66. The standard InChI is InChI=1S/C24H23NO4/c26-15-17-9-11-18(12-10-17)28-14-13-25-24(27)29-16-23-21-7-3-1-5-19(21)20-6-2-4-8-22(20)23/h1-12,23,26H,13-16H2,(H,25,27). The van der Waals surface area contributed by atoms with Gasteiger partial charge in [0.05, 0.1) is 13.2 Å². The number of aliphatic hydroxyl groups excluding tert-OH is 1. The van der Waals surface area contributed by atoms with Crippen LogP contribution in [0.15, 0.2) is 72.8 Å². The summed E-state index contributed by atoms with van der Waals surface area (Å²) in [6.07, 6.45) is -0.453. The minimum absolute atomic E-state index is 0.00359. The smallest absolute Gasteiger partial charge is 0.407 e. The highest BCUT2D eigenvalue weighted by molar-refractivity contribution is 5.79. The number of rotatable bonds is 7. The molecule has 5 nitrogen and oxygen atoms in total. The summed E-state index contributed by atoms with van der Waals surface area (Å²) in [4.78, 5) is 12.1. The Kier molecular flexibility index (Phi) is 5.77. The SMILES string of the molecule is O=C(NCCOc1ccc(CO)cc1)OCC1c2ccccc2-c2ccccc21. The molecular weight excluding hydrogens is 366 g/mol. The van der Waals surface area contributed by atoms with Gasteiger partial charge in [-0.1, -0.05) is 60.7 Å². The zero-order chi connectivity index (χ0) is 20.1. The van der Waals surface area contributed by atoms with Crippen molar-refractivity contribution in [1.29, 1.82) is 0 Å². The van der Waals surface area contributed by atoms with Gasteiger partial charge in [0, 0.05) is 5.92 Å². The predicted molar refractivity (Wildman–Crippen MR) is 111 cm³/mol. The molecular formula is C24H23NO4. The molecule has 0 fully saturated rings. The minimum atomic E-state index is -0.453. The topological polar surface area (TPSA) is 67.8 Å². The van der Waals surface area contributed by atoms with Crippen molar-refractivity contribution in [2.45, 2.75) is 12.5 Å². The van der Waals surface area contributed by atoms with E-state index >= 15 is 0 Å². The monoisotopic (exact) mass is 389 g/mol. The van der Waals surface area contributed by atoms with Gasteiger partial charge in [-0.2, -0.15) is 0 Å². The number of carbonyl (C=O) groups is 1. The molecule has 3 aromatic carbocycles. The van der Waals surface area contributed by atoms with E-state index in [1.165, 1.54) is 22.3 Å². The summed E-state index contributed by atoms with van der Waals surface area (Å²) in [5, 5.41) is 11.8. The Morgan fingerprint density at radius 3 is 2.14 bits per heavy atom. The lowest BCUT2D eigenvalue weighted by atomic mass is 9.98. The van der Waals surface area contributed by atoms with Gasteiger partial charge in [0.2, 0.25) is 0 Å². The predicted octanol–water partition coefficient (Wildman–Crippen LogP) is 4.10. The first-order chi connectivity index (χ1) is 14.3. The van der Waals surface area contributed by atoms with Crippen LogP contribution in [0.3, 0.4) is 0 Å². The summed E-state index contributed by atoms with van der Waals surface area (Å²) >= 11 is 0. The van der Waals surface area contributed by atoms with E-state index in [9.17, 15) is 4.79 Å². The molecule has 0 unspecified atom stereocenters. The molecule has 5 heteroatoms. The molecule has 0 spiro atoms. The Labute approximate surface area is 169 Å². The number of amides is 1. The van der Waals surface area contributed by atoms with Gasteiger partial charge >= 0.3 is 6.09 Å². The Balaban J connectivity index is 1.26. The number of hydrogen-bond acceptors (Lipinski definition) is 4. The molecule has 3 aromatic rings. The fourth-order valence-corrected chi connectivity index (χ4v) is 3.66. The van der Waals surface area contributed by atoms with E-state index in [-0.39, 0.29) is 12.5 Å². The third-order valence-corrected chi connectivity index (χ3v) is 5.09. The zero-order valence-corrected chi connectivity index (χ0v) is 16.0. The van der Waals surface area contributed by atoms with Crippen molar-refractivity contribution in [3.63, 3.8) is 0 Å². The first-order valence-electron chi connectivity index (χ1n) is 9.67. The highest BCUT2D eigenvalue weighted by Gasteiger charge is 2.28. The van der Waals surface area contributed by atoms with Crippen LogP contribution >= 0.6 is 0 Å². The van der Waals surface area contributed by atoms with E-state index in [0.717, 1.165) is 5.56 Å². The summed E-state index contributed by atoms with van der Waals surface area (Å²) in [5.41, 5.74) is 5.62. The maximum absolute atomic E-state index is 12.1. The summed E-state index contributed by atoms with van der Waals surface area (Å²) in [6.45, 7) is 0.980. The molecule has 2 N–H and O–H groups in total. The van der Waals surface area contributed by atoms with Gasteiger partial charge in [0.25, 0.3) is 0 Å². The molecule has 0 saturated carbocycles. The molecule has 4 rings (SSSR count). The Morgan fingerprint density at radius 2 is 1.52 bits per heavy atom. The Morgan fingerprint density at radius 1 is 0.897 bits per heavy atom. The Bertz CT molecular complexity index is 939. The van der Waals surface area contributed by atoms with Gasteiger partial charge in [-0.3, -0.25) is 0 Å². The van der Waals surface area contributed by atoms with Crippen LogP contribution in [0.4, 0.5) is 4.79 Å². The molecule has 1 aliphatic rings. The van der Waals surface area contributed by atoms with Crippen molar-refractivity contribution in [1.82, 2.24) is 5.32 Å². The van der Waals surface area contributed by atoms with E-state index in [0.29, 0.717) is 25.5 Å². The third kappa shape index (κ3) is 4.25. The van der Waals surface area contributed by atoms with Crippen molar-refractivity contribution in [3.8, 4) is 16.9 Å². The maximum atomic E-state index is 12.1. The van der Waals surface area contributed by atoms with Crippen LogP contribution in [-0.2, 0) is 11.3 Å². The van der Waals surface area contributed by atoms with Crippen LogP contribution in [0.25, 0.3) is 11.1 Å². The van der Waals surface area contributed by atoms with E-state index in [2.05, 4.69) is 29.6 Å². The summed E-state index contributed by atoms with van der Waals surface area (Å²) in [7, 11) is 0. The first kappa shape index (κ1) is 19.0. The number of hydrogen-bond donors (Lipinski definition) is 2. The van der Waals surface area contributed by atoms with Crippen molar-refractivity contribution < 1.29 is 19.4 Å². The zero-order valence-electron chi connectivity index (χ0n) is 16.0. The second-order valence-corrected chi connectivity index (χ2v) is 6.90. The molecule has 0 heterocycles. The van der Waals surface area contributed by atoms with Gasteiger partial charge in [0.15, 0.2) is 0 Å². The van der Waals surface area contributed by atoms with Gasteiger partial charge in [-0.15, -0.1) is 0 Å². The molecule has 0 bridgehead atoms. The second kappa shape index (κ2) is 8.80. The highest BCUT2D eigenvalue weighted by atomic mass is 16.5. The van der Waals surface area contributed by atoms with Crippen LogP contribution in [0.2, 0.25) is 0 Å². The quantitative estimate of drug-likeness (QED) is 0.597. The lowest BCUT2D eigenvalue weighted by molar-refractivity contribution is 0.141. The molecule has 1 amide bonds. The number of alkyl carbamates (subject to hydrolysis) is 1. The molecule has 29 heavy (non-hydrogen) atoms. The van der Waals surface area contributed by atoms with Gasteiger partial charge < -0.3 is 19.9 Å². The van der Waals surface area contributed by atoms with Gasteiger partial charge in [-0.25, -0.2) is 4.79 Å². The number of aliphatic hydroxyl groups is 1. The number of carbonyl (C=O) groups excluding carboxylic acids is 1. The first-order valence-corrected chi connectivity index (χ1v) is 9.67. The second-order valence-electron chi connectivity index (χ2n) is 6.90. The van der Waals surface area contributed by atoms with Crippen LogP contribution in [0.1, 0.15) is 22.6 Å². The van der Waals surface area contributed by atoms with Gasteiger partial charge in [-0.05, 0) is 39.9 Å².